The van der Waals surface area contributed by atoms with Crippen LogP contribution in [0.3, 0.4) is 0 Å². The van der Waals surface area contributed by atoms with Gasteiger partial charge >= 0.3 is 0 Å². The van der Waals surface area contributed by atoms with E-state index in [4.69, 9.17) is 5.73 Å². The summed E-state index contributed by atoms with van der Waals surface area (Å²) in [5.74, 6) is 1.63. The van der Waals surface area contributed by atoms with Gasteiger partial charge in [0.15, 0.2) is 0 Å². The Morgan fingerprint density at radius 3 is 2.53 bits per heavy atom. The number of rotatable bonds is 1. The van der Waals surface area contributed by atoms with E-state index in [1.54, 1.807) is 0 Å². The summed E-state index contributed by atoms with van der Waals surface area (Å²) in [7, 11) is -0.600. The fraction of sp³-hybridized carbons (Fsp3) is 0.538. The van der Waals surface area contributed by atoms with Crippen LogP contribution >= 0.6 is 0 Å². The third-order valence-corrected chi connectivity index (χ3v) is 5.16. The molecular weight excluding hydrogens is 232 g/mol. The summed E-state index contributed by atoms with van der Waals surface area (Å²) in [4.78, 5) is 2.45. The molecule has 0 saturated carbocycles. The highest BCUT2D eigenvalue weighted by Gasteiger charge is 2.33. The van der Waals surface area contributed by atoms with Crippen molar-refractivity contribution in [1.29, 1.82) is 0 Å². The molecule has 1 aromatic carbocycles. The van der Waals surface area contributed by atoms with Crippen LogP contribution in [0.15, 0.2) is 24.3 Å². The third-order valence-electron chi connectivity index (χ3n) is 3.88. The molecule has 1 aliphatic carbocycles. The van der Waals surface area contributed by atoms with E-state index in [0.29, 0.717) is 6.04 Å². The fourth-order valence-corrected chi connectivity index (χ4v) is 4.04. The van der Waals surface area contributed by atoms with Gasteiger partial charge in [0.05, 0.1) is 0 Å². The molecule has 0 radical (unpaired) electrons. The summed E-state index contributed by atoms with van der Waals surface area (Å²) in [6, 6.07) is 9.10. The largest absolute Gasteiger partial charge is 0.324 e. The maximum Gasteiger partial charge on any atom is 0.0370 e. The zero-order valence-electron chi connectivity index (χ0n) is 9.84. The lowest BCUT2D eigenvalue weighted by Crippen LogP contribution is -2.39. The van der Waals surface area contributed by atoms with Gasteiger partial charge in [0.1, 0.15) is 0 Å². The van der Waals surface area contributed by atoms with Gasteiger partial charge in [-0.25, -0.2) is 0 Å². The molecular formula is C13H18N2OS. The Kier molecular flexibility index (Phi) is 3.03. The Morgan fingerprint density at radius 1 is 1.18 bits per heavy atom. The minimum atomic E-state index is -0.600. The lowest BCUT2D eigenvalue weighted by Gasteiger charge is -2.32. The molecule has 2 aliphatic rings. The van der Waals surface area contributed by atoms with Gasteiger partial charge in [0, 0.05) is 47.5 Å². The number of benzene rings is 1. The molecule has 92 valence electrons. The molecule has 2 N–H and O–H groups in total. The minimum Gasteiger partial charge on any atom is -0.324 e. The number of nitrogens with zero attached hydrogens (tertiary/aromatic N) is 1. The summed E-state index contributed by atoms with van der Waals surface area (Å²) in [6.07, 6.45) is 1.01. The van der Waals surface area contributed by atoms with Crippen LogP contribution in [0.4, 0.5) is 0 Å². The Balaban J connectivity index is 1.84. The maximum atomic E-state index is 11.4. The second-order valence-electron chi connectivity index (χ2n) is 4.87. The van der Waals surface area contributed by atoms with Crippen molar-refractivity contribution >= 4 is 10.8 Å². The first kappa shape index (κ1) is 11.4. The van der Waals surface area contributed by atoms with Gasteiger partial charge in [-0.1, -0.05) is 24.3 Å². The number of hydrogen-bond acceptors (Lipinski definition) is 3. The van der Waals surface area contributed by atoms with Crippen LogP contribution in [-0.2, 0) is 10.8 Å². The first-order valence-electron chi connectivity index (χ1n) is 6.19. The van der Waals surface area contributed by atoms with Gasteiger partial charge in [-0.05, 0) is 17.5 Å². The standard InChI is InChI=1S/C13H18N2OS/c14-12-9-13(11-4-2-1-3-10(11)12)15-5-7-17(16)8-6-15/h1-4,12-13H,5-9,14H2. The molecule has 0 bridgehead atoms. The van der Waals surface area contributed by atoms with Crippen molar-refractivity contribution in [2.24, 2.45) is 5.73 Å². The van der Waals surface area contributed by atoms with Crippen LogP contribution in [0.25, 0.3) is 0 Å². The van der Waals surface area contributed by atoms with Crippen molar-refractivity contribution in [3.05, 3.63) is 35.4 Å². The van der Waals surface area contributed by atoms with E-state index in [-0.39, 0.29) is 6.04 Å². The Hall–Kier alpha value is -0.710. The molecule has 3 nitrogen and oxygen atoms in total. The minimum absolute atomic E-state index is 0.170. The summed E-state index contributed by atoms with van der Waals surface area (Å²) >= 11 is 0. The van der Waals surface area contributed by atoms with Gasteiger partial charge < -0.3 is 5.73 Å². The Bertz CT molecular complexity index is 439. The lowest BCUT2D eigenvalue weighted by molar-refractivity contribution is 0.210. The molecule has 1 aliphatic heterocycles. The van der Waals surface area contributed by atoms with E-state index in [1.165, 1.54) is 11.1 Å². The first-order chi connectivity index (χ1) is 8.25. The molecule has 0 aromatic heterocycles. The topological polar surface area (TPSA) is 46.3 Å². The van der Waals surface area contributed by atoms with E-state index < -0.39 is 10.8 Å². The summed E-state index contributed by atoms with van der Waals surface area (Å²) in [5, 5.41) is 0. The smallest absolute Gasteiger partial charge is 0.0370 e. The van der Waals surface area contributed by atoms with E-state index in [1.807, 2.05) is 0 Å². The summed E-state index contributed by atoms with van der Waals surface area (Å²) < 4.78 is 11.4. The van der Waals surface area contributed by atoms with Gasteiger partial charge in [0.25, 0.3) is 0 Å². The van der Waals surface area contributed by atoms with Crippen LogP contribution < -0.4 is 5.73 Å². The molecule has 2 unspecified atom stereocenters. The van der Waals surface area contributed by atoms with Crippen molar-refractivity contribution in [1.82, 2.24) is 4.90 Å². The molecule has 1 heterocycles. The number of nitrogens with two attached hydrogens (primary N) is 1. The van der Waals surface area contributed by atoms with Crippen molar-refractivity contribution in [2.75, 3.05) is 24.6 Å². The van der Waals surface area contributed by atoms with Gasteiger partial charge in [-0.3, -0.25) is 9.11 Å². The number of fused-ring (bicyclic) bond motifs is 1. The molecule has 2 atom stereocenters. The van der Waals surface area contributed by atoms with Gasteiger partial charge in [0.2, 0.25) is 0 Å². The Labute approximate surface area is 104 Å². The van der Waals surface area contributed by atoms with Crippen LogP contribution in [0.5, 0.6) is 0 Å². The summed E-state index contributed by atoms with van der Waals surface area (Å²) in [5.41, 5.74) is 8.86. The molecule has 1 saturated heterocycles. The van der Waals surface area contributed by atoms with E-state index in [9.17, 15) is 4.21 Å². The van der Waals surface area contributed by atoms with Crippen LogP contribution in [0.2, 0.25) is 0 Å². The first-order valence-corrected chi connectivity index (χ1v) is 7.68. The van der Waals surface area contributed by atoms with Crippen molar-refractivity contribution < 1.29 is 4.21 Å². The second kappa shape index (κ2) is 4.52. The highest BCUT2D eigenvalue weighted by atomic mass is 32.2. The molecule has 17 heavy (non-hydrogen) atoms. The van der Waals surface area contributed by atoms with Crippen molar-refractivity contribution in [3.8, 4) is 0 Å². The quantitative estimate of drug-likeness (QED) is 0.814. The van der Waals surface area contributed by atoms with Crippen LogP contribution in [0.1, 0.15) is 29.6 Å². The van der Waals surface area contributed by atoms with E-state index in [2.05, 4.69) is 29.2 Å². The predicted octanol–water partition coefficient (Wildman–Crippen LogP) is 1.20. The van der Waals surface area contributed by atoms with Crippen LogP contribution in [-0.4, -0.2) is 33.7 Å². The number of hydrogen-bond donors (Lipinski definition) is 1. The zero-order valence-corrected chi connectivity index (χ0v) is 10.7. The average molecular weight is 250 g/mol. The molecule has 1 aromatic rings. The van der Waals surface area contributed by atoms with Crippen molar-refractivity contribution in [2.45, 2.75) is 18.5 Å². The normalized spacial score (nSPS) is 30.4. The predicted molar refractivity (Wildman–Crippen MR) is 70.2 cm³/mol. The molecule has 0 spiro atoms. The van der Waals surface area contributed by atoms with Gasteiger partial charge in [-0.15, -0.1) is 0 Å². The maximum absolute atomic E-state index is 11.4. The highest BCUT2D eigenvalue weighted by molar-refractivity contribution is 7.85. The summed E-state index contributed by atoms with van der Waals surface area (Å²) in [6.45, 7) is 1.89. The SMILES string of the molecule is NC1CC(N2CCS(=O)CC2)c2ccccc21. The second-order valence-corrected chi connectivity index (χ2v) is 6.57. The molecule has 4 heteroatoms. The zero-order chi connectivity index (χ0) is 11.8. The van der Waals surface area contributed by atoms with Crippen molar-refractivity contribution in [3.63, 3.8) is 0 Å². The highest BCUT2D eigenvalue weighted by Crippen LogP contribution is 2.40. The van der Waals surface area contributed by atoms with Crippen LogP contribution in [0, 0.1) is 0 Å². The van der Waals surface area contributed by atoms with Gasteiger partial charge in [-0.2, -0.15) is 0 Å². The van der Waals surface area contributed by atoms with E-state index >= 15 is 0 Å². The molecule has 3 rings (SSSR count). The third kappa shape index (κ3) is 2.05. The van der Waals surface area contributed by atoms with E-state index in [0.717, 1.165) is 31.0 Å². The molecule has 1 fully saturated rings. The Morgan fingerprint density at radius 2 is 1.82 bits per heavy atom. The average Bonchev–Trinajstić information content (AvgIpc) is 2.69. The fourth-order valence-electron chi connectivity index (χ4n) is 2.96. The monoisotopic (exact) mass is 250 g/mol. The lowest BCUT2D eigenvalue weighted by atomic mass is 10.1. The molecule has 0 amide bonds.